The van der Waals surface area contributed by atoms with Crippen molar-refractivity contribution in [1.29, 1.82) is 0 Å². The molecule has 0 aliphatic carbocycles. The van der Waals surface area contributed by atoms with E-state index in [1.54, 1.807) is 19.9 Å². The lowest BCUT2D eigenvalue weighted by atomic mass is 9.94. The Morgan fingerprint density at radius 1 is 1.25 bits per heavy atom. The molecule has 0 aliphatic heterocycles. The lowest BCUT2D eigenvalue weighted by Gasteiger charge is -2.19. The van der Waals surface area contributed by atoms with Gasteiger partial charge in [0.15, 0.2) is 6.61 Å². The largest absolute Gasteiger partial charge is 0.484 e. The van der Waals surface area contributed by atoms with Gasteiger partial charge in [-0.1, -0.05) is 6.07 Å². The Hall–Kier alpha value is -2.04. The van der Waals surface area contributed by atoms with Crippen molar-refractivity contribution < 1.29 is 19.4 Å². The van der Waals surface area contributed by atoms with Crippen LogP contribution in [0.3, 0.4) is 0 Å². The van der Waals surface area contributed by atoms with Crippen LogP contribution in [0.25, 0.3) is 0 Å². The number of aliphatic carboxylic acids is 1. The predicted octanol–water partition coefficient (Wildman–Crippen LogP) is 1.91. The Labute approximate surface area is 118 Å². The molecule has 0 aromatic heterocycles. The van der Waals surface area contributed by atoms with Crippen molar-refractivity contribution in [2.24, 2.45) is 5.41 Å². The minimum atomic E-state index is -0.990. The number of carbonyl (C=O) groups is 2. The molecule has 1 aromatic rings. The van der Waals surface area contributed by atoms with E-state index in [-0.39, 0.29) is 19.1 Å². The molecule has 5 heteroatoms. The van der Waals surface area contributed by atoms with Crippen molar-refractivity contribution in [3.63, 3.8) is 0 Å². The van der Waals surface area contributed by atoms with Crippen molar-refractivity contribution >= 4 is 11.9 Å². The highest BCUT2D eigenvalue weighted by Crippen LogP contribution is 2.16. The number of amides is 1. The van der Waals surface area contributed by atoms with Crippen LogP contribution in [0.5, 0.6) is 5.75 Å². The van der Waals surface area contributed by atoms with Gasteiger partial charge >= 0.3 is 5.97 Å². The fourth-order valence-electron chi connectivity index (χ4n) is 1.40. The van der Waals surface area contributed by atoms with E-state index in [4.69, 9.17) is 9.84 Å². The lowest BCUT2D eigenvalue weighted by Crippen LogP contribution is -2.40. The van der Waals surface area contributed by atoms with Gasteiger partial charge in [0.2, 0.25) is 0 Å². The van der Waals surface area contributed by atoms with Gasteiger partial charge in [-0.05, 0) is 51.0 Å². The van der Waals surface area contributed by atoms with Crippen LogP contribution in [0.1, 0.15) is 25.0 Å². The second-order valence-corrected chi connectivity index (χ2v) is 5.50. The zero-order valence-electron chi connectivity index (χ0n) is 12.3. The highest BCUT2D eigenvalue weighted by molar-refractivity contribution is 5.79. The van der Waals surface area contributed by atoms with Crippen LogP contribution in [0.15, 0.2) is 18.2 Å². The number of nitrogens with one attached hydrogen (secondary N) is 1. The van der Waals surface area contributed by atoms with Gasteiger partial charge in [0.25, 0.3) is 5.91 Å². The molecule has 2 N–H and O–H groups in total. The molecule has 5 nitrogen and oxygen atoms in total. The van der Waals surface area contributed by atoms with Crippen LogP contribution in [0.4, 0.5) is 0 Å². The van der Waals surface area contributed by atoms with Crippen molar-refractivity contribution in [1.82, 2.24) is 5.32 Å². The second kappa shape index (κ2) is 6.41. The molecular weight excluding hydrogens is 258 g/mol. The number of ether oxygens (including phenoxy) is 1. The molecule has 0 spiro atoms. The molecule has 0 fully saturated rings. The molecule has 0 bridgehead atoms. The Bertz CT molecular complexity index is 509. The van der Waals surface area contributed by atoms with Gasteiger partial charge in [0, 0.05) is 6.54 Å². The summed E-state index contributed by atoms with van der Waals surface area (Å²) < 4.78 is 5.37. The summed E-state index contributed by atoms with van der Waals surface area (Å²) in [5.41, 5.74) is 1.26. The number of aryl methyl sites for hydroxylation is 2. The third kappa shape index (κ3) is 4.57. The van der Waals surface area contributed by atoms with Gasteiger partial charge < -0.3 is 15.2 Å². The van der Waals surface area contributed by atoms with E-state index in [1.807, 2.05) is 26.0 Å². The Morgan fingerprint density at radius 3 is 2.45 bits per heavy atom. The topological polar surface area (TPSA) is 75.6 Å². The van der Waals surface area contributed by atoms with Gasteiger partial charge in [-0.3, -0.25) is 9.59 Å². The van der Waals surface area contributed by atoms with Gasteiger partial charge in [0.1, 0.15) is 5.75 Å². The van der Waals surface area contributed by atoms with E-state index >= 15 is 0 Å². The monoisotopic (exact) mass is 279 g/mol. The third-order valence-electron chi connectivity index (χ3n) is 3.15. The van der Waals surface area contributed by atoms with E-state index < -0.39 is 11.4 Å². The minimum absolute atomic E-state index is 0.0669. The lowest BCUT2D eigenvalue weighted by molar-refractivity contribution is -0.146. The zero-order valence-corrected chi connectivity index (χ0v) is 12.3. The number of hydrogen-bond acceptors (Lipinski definition) is 3. The van der Waals surface area contributed by atoms with Gasteiger partial charge in [-0.25, -0.2) is 0 Å². The summed E-state index contributed by atoms with van der Waals surface area (Å²) in [5, 5.41) is 11.5. The minimum Gasteiger partial charge on any atom is -0.484 e. The van der Waals surface area contributed by atoms with Crippen molar-refractivity contribution in [2.45, 2.75) is 27.7 Å². The molecule has 0 radical (unpaired) electrons. The number of hydrogen-bond donors (Lipinski definition) is 2. The number of carboxylic acids is 1. The highest BCUT2D eigenvalue weighted by atomic mass is 16.5. The molecule has 0 atom stereocenters. The standard InChI is InChI=1S/C15H21NO4/c1-10-5-6-12(7-11(10)2)20-8-13(17)16-9-15(3,4)14(18)19/h5-7H,8-9H2,1-4H3,(H,16,17)(H,18,19). The number of carbonyl (C=O) groups excluding carboxylic acids is 1. The van der Waals surface area contributed by atoms with Crippen LogP contribution >= 0.6 is 0 Å². The molecule has 0 aliphatic rings. The Morgan fingerprint density at radius 2 is 1.90 bits per heavy atom. The fourth-order valence-corrected chi connectivity index (χ4v) is 1.40. The smallest absolute Gasteiger partial charge is 0.310 e. The number of carboxylic acid groups (broad SMARTS) is 1. The summed E-state index contributed by atoms with van der Waals surface area (Å²) >= 11 is 0. The molecule has 0 saturated heterocycles. The number of benzene rings is 1. The van der Waals surface area contributed by atoms with E-state index in [0.29, 0.717) is 5.75 Å². The summed E-state index contributed by atoms with van der Waals surface area (Å²) in [5.74, 6) is -0.661. The molecule has 1 amide bonds. The number of rotatable bonds is 6. The molecular formula is C15H21NO4. The average molecular weight is 279 g/mol. The summed E-state index contributed by atoms with van der Waals surface area (Å²) in [6.07, 6.45) is 0. The average Bonchev–Trinajstić information content (AvgIpc) is 2.37. The first-order chi connectivity index (χ1) is 9.22. The van der Waals surface area contributed by atoms with Gasteiger partial charge in [0.05, 0.1) is 5.41 Å². The van der Waals surface area contributed by atoms with E-state index in [1.165, 1.54) is 0 Å². The van der Waals surface area contributed by atoms with Gasteiger partial charge in [-0.2, -0.15) is 0 Å². The van der Waals surface area contributed by atoms with Crippen LogP contribution in [-0.4, -0.2) is 30.1 Å². The van der Waals surface area contributed by atoms with Crippen LogP contribution in [-0.2, 0) is 9.59 Å². The zero-order chi connectivity index (χ0) is 15.3. The SMILES string of the molecule is Cc1ccc(OCC(=O)NCC(C)(C)C(=O)O)cc1C. The fraction of sp³-hybridized carbons (Fsp3) is 0.467. The molecule has 0 saturated carbocycles. The first-order valence-corrected chi connectivity index (χ1v) is 6.42. The summed E-state index contributed by atoms with van der Waals surface area (Å²) in [6, 6.07) is 5.59. The molecule has 0 unspecified atom stereocenters. The normalized spacial score (nSPS) is 11.0. The molecule has 110 valence electrons. The molecule has 20 heavy (non-hydrogen) atoms. The van der Waals surface area contributed by atoms with E-state index in [0.717, 1.165) is 11.1 Å². The van der Waals surface area contributed by atoms with Gasteiger partial charge in [-0.15, -0.1) is 0 Å². The third-order valence-corrected chi connectivity index (χ3v) is 3.15. The molecule has 1 rings (SSSR count). The van der Waals surface area contributed by atoms with Crippen molar-refractivity contribution in [3.8, 4) is 5.75 Å². The van der Waals surface area contributed by atoms with Crippen molar-refractivity contribution in [3.05, 3.63) is 29.3 Å². The Kier molecular flexibility index (Phi) is 5.13. The summed E-state index contributed by atoms with van der Waals surface area (Å²) in [4.78, 5) is 22.5. The maximum Gasteiger partial charge on any atom is 0.310 e. The maximum absolute atomic E-state index is 11.6. The van der Waals surface area contributed by atoms with E-state index in [2.05, 4.69) is 5.32 Å². The van der Waals surface area contributed by atoms with E-state index in [9.17, 15) is 9.59 Å². The van der Waals surface area contributed by atoms with Crippen LogP contribution in [0.2, 0.25) is 0 Å². The predicted molar refractivity (Wildman–Crippen MR) is 75.8 cm³/mol. The Balaban J connectivity index is 2.44. The highest BCUT2D eigenvalue weighted by Gasteiger charge is 2.27. The first kappa shape index (κ1) is 16.0. The summed E-state index contributed by atoms with van der Waals surface area (Å²) in [6.45, 7) is 7.02. The maximum atomic E-state index is 11.6. The van der Waals surface area contributed by atoms with Crippen molar-refractivity contribution in [2.75, 3.05) is 13.2 Å². The molecule has 0 heterocycles. The summed E-state index contributed by atoms with van der Waals surface area (Å²) in [7, 11) is 0. The molecule has 1 aromatic carbocycles. The van der Waals surface area contributed by atoms with Crippen LogP contribution < -0.4 is 10.1 Å². The second-order valence-electron chi connectivity index (χ2n) is 5.50. The van der Waals surface area contributed by atoms with Crippen LogP contribution in [0, 0.1) is 19.3 Å². The first-order valence-electron chi connectivity index (χ1n) is 6.42. The quantitative estimate of drug-likeness (QED) is 0.834.